The summed E-state index contributed by atoms with van der Waals surface area (Å²) in [7, 11) is 0. The van der Waals surface area contributed by atoms with Crippen LogP contribution in [-0.4, -0.2) is 10.4 Å². The molecule has 0 fully saturated rings. The summed E-state index contributed by atoms with van der Waals surface area (Å²) >= 11 is 1.45. The molecule has 0 bridgehead atoms. The summed E-state index contributed by atoms with van der Waals surface area (Å²) < 4.78 is 0. The quantitative estimate of drug-likeness (QED) is 0.556. The topological polar surface area (TPSA) is 17.1 Å². The lowest BCUT2D eigenvalue weighted by Gasteiger charge is -2.23. The number of carbonyl (C=O) groups is 1. The van der Waals surface area contributed by atoms with Crippen LogP contribution in [0.1, 0.15) is 27.7 Å². The Morgan fingerprint density at radius 1 is 1.45 bits per heavy atom. The van der Waals surface area contributed by atoms with Crippen LogP contribution in [0.5, 0.6) is 0 Å². The fraction of sp³-hybridized carbons (Fsp3) is 0.667. The molecule has 1 aliphatic rings. The third-order valence-electron chi connectivity index (χ3n) is 1.81. The SMILES string of the molecule is CC1=CC(C(C)(C)C)SC1=O. The van der Waals surface area contributed by atoms with Crippen LogP contribution in [0, 0.1) is 5.41 Å². The first-order chi connectivity index (χ1) is 4.91. The summed E-state index contributed by atoms with van der Waals surface area (Å²) in [5, 5.41) is 0.611. The predicted octanol–water partition coefficient (Wildman–Crippen LogP) is 2.62. The largest absolute Gasteiger partial charge is 0.282 e. The highest BCUT2D eigenvalue weighted by molar-refractivity contribution is 8.15. The third kappa shape index (κ3) is 1.86. The third-order valence-corrected chi connectivity index (χ3v) is 3.44. The summed E-state index contributed by atoms with van der Waals surface area (Å²) in [6.07, 6.45) is 2.08. The Morgan fingerprint density at radius 3 is 2.18 bits per heavy atom. The van der Waals surface area contributed by atoms with Gasteiger partial charge in [-0.1, -0.05) is 38.6 Å². The summed E-state index contributed by atoms with van der Waals surface area (Å²) in [6.45, 7) is 8.37. The maximum absolute atomic E-state index is 11.1. The lowest BCUT2D eigenvalue weighted by Crippen LogP contribution is -2.19. The Labute approximate surface area is 72.2 Å². The zero-order valence-corrected chi connectivity index (χ0v) is 8.29. The van der Waals surface area contributed by atoms with E-state index in [2.05, 4.69) is 26.8 Å². The van der Waals surface area contributed by atoms with Crippen molar-refractivity contribution in [1.82, 2.24) is 0 Å². The predicted molar refractivity (Wildman–Crippen MR) is 49.6 cm³/mol. The van der Waals surface area contributed by atoms with Gasteiger partial charge in [-0.05, 0) is 12.3 Å². The Kier molecular flexibility index (Phi) is 2.15. The van der Waals surface area contributed by atoms with Crippen LogP contribution in [-0.2, 0) is 4.79 Å². The van der Waals surface area contributed by atoms with Gasteiger partial charge >= 0.3 is 0 Å². The Bertz CT molecular complexity index is 210. The molecule has 0 N–H and O–H groups in total. The second kappa shape index (κ2) is 2.67. The number of hydrogen-bond acceptors (Lipinski definition) is 2. The highest BCUT2D eigenvalue weighted by atomic mass is 32.2. The minimum atomic E-state index is 0.206. The first kappa shape index (κ1) is 8.85. The first-order valence-corrected chi connectivity index (χ1v) is 4.68. The zero-order chi connectivity index (χ0) is 8.65. The van der Waals surface area contributed by atoms with Crippen LogP contribution in [0.15, 0.2) is 11.6 Å². The van der Waals surface area contributed by atoms with Gasteiger partial charge in [0, 0.05) is 10.8 Å². The van der Waals surface area contributed by atoms with E-state index in [0.29, 0.717) is 5.25 Å². The first-order valence-electron chi connectivity index (χ1n) is 3.80. The van der Waals surface area contributed by atoms with E-state index in [1.165, 1.54) is 11.8 Å². The van der Waals surface area contributed by atoms with Crippen molar-refractivity contribution >= 4 is 16.9 Å². The molecule has 0 aromatic rings. The smallest absolute Gasteiger partial charge is 0.215 e. The summed E-state index contributed by atoms with van der Waals surface area (Å²) in [6, 6.07) is 0. The fourth-order valence-corrected chi connectivity index (χ4v) is 2.07. The minimum absolute atomic E-state index is 0.206. The lowest BCUT2D eigenvalue weighted by molar-refractivity contribution is -0.107. The van der Waals surface area contributed by atoms with Crippen molar-refractivity contribution in [2.45, 2.75) is 32.9 Å². The standard InChI is InChI=1S/C9H14OS/c1-6-5-7(9(2,3)4)11-8(6)10/h5,7H,1-4H3. The highest BCUT2D eigenvalue weighted by Crippen LogP contribution is 2.38. The second-order valence-electron chi connectivity index (χ2n) is 4.04. The van der Waals surface area contributed by atoms with Crippen LogP contribution >= 0.6 is 11.8 Å². The van der Waals surface area contributed by atoms with Gasteiger partial charge in [0.1, 0.15) is 0 Å². The lowest BCUT2D eigenvalue weighted by atomic mass is 9.91. The molecule has 62 valence electrons. The molecule has 2 heteroatoms. The van der Waals surface area contributed by atoms with E-state index in [1.807, 2.05) is 6.92 Å². The molecule has 0 amide bonds. The highest BCUT2D eigenvalue weighted by Gasteiger charge is 2.31. The Morgan fingerprint density at radius 2 is 2.00 bits per heavy atom. The van der Waals surface area contributed by atoms with Crippen LogP contribution < -0.4 is 0 Å². The van der Waals surface area contributed by atoms with Crippen molar-refractivity contribution in [3.05, 3.63) is 11.6 Å². The van der Waals surface area contributed by atoms with Crippen LogP contribution in [0.2, 0.25) is 0 Å². The molecule has 0 aromatic carbocycles. The number of rotatable bonds is 0. The fourth-order valence-electron chi connectivity index (χ4n) is 0.964. The van der Waals surface area contributed by atoms with Gasteiger partial charge in [-0.15, -0.1) is 0 Å². The molecule has 0 spiro atoms. The molecule has 1 atom stereocenters. The van der Waals surface area contributed by atoms with Crippen molar-refractivity contribution < 1.29 is 4.79 Å². The molecule has 1 unspecified atom stereocenters. The maximum atomic E-state index is 11.1. The van der Waals surface area contributed by atoms with Gasteiger partial charge in [-0.2, -0.15) is 0 Å². The van der Waals surface area contributed by atoms with E-state index in [9.17, 15) is 4.79 Å². The van der Waals surface area contributed by atoms with Gasteiger partial charge in [0.05, 0.1) is 0 Å². The van der Waals surface area contributed by atoms with Gasteiger partial charge in [0.2, 0.25) is 5.12 Å². The number of carbonyl (C=O) groups excluding carboxylic acids is 1. The summed E-state index contributed by atoms with van der Waals surface area (Å²) in [5.41, 5.74) is 1.12. The minimum Gasteiger partial charge on any atom is -0.282 e. The molecule has 1 heterocycles. The molecule has 1 nitrogen and oxygen atoms in total. The van der Waals surface area contributed by atoms with E-state index < -0.39 is 0 Å². The van der Waals surface area contributed by atoms with Crippen molar-refractivity contribution in [3.8, 4) is 0 Å². The molecule has 0 aromatic heterocycles. The molecule has 1 rings (SSSR count). The average molecular weight is 170 g/mol. The molecular weight excluding hydrogens is 156 g/mol. The van der Waals surface area contributed by atoms with Gasteiger partial charge in [0.25, 0.3) is 0 Å². The summed E-state index contributed by atoms with van der Waals surface area (Å²) in [4.78, 5) is 11.1. The number of thioether (sulfide) groups is 1. The Hall–Kier alpha value is -0.240. The van der Waals surface area contributed by atoms with Gasteiger partial charge in [-0.3, -0.25) is 4.79 Å². The van der Waals surface area contributed by atoms with E-state index >= 15 is 0 Å². The molecule has 0 aliphatic carbocycles. The van der Waals surface area contributed by atoms with E-state index in [0.717, 1.165) is 5.57 Å². The van der Waals surface area contributed by atoms with Crippen molar-refractivity contribution in [2.24, 2.45) is 5.41 Å². The molecule has 0 saturated carbocycles. The second-order valence-corrected chi connectivity index (χ2v) is 5.16. The van der Waals surface area contributed by atoms with Crippen LogP contribution in [0.3, 0.4) is 0 Å². The molecule has 0 radical (unpaired) electrons. The van der Waals surface area contributed by atoms with Gasteiger partial charge < -0.3 is 0 Å². The maximum Gasteiger partial charge on any atom is 0.215 e. The number of hydrogen-bond donors (Lipinski definition) is 0. The van der Waals surface area contributed by atoms with E-state index in [-0.39, 0.29) is 10.5 Å². The zero-order valence-electron chi connectivity index (χ0n) is 7.47. The van der Waals surface area contributed by atoms with Crippen LogP contribution in [0.25, 0.3) is 0 Å². The van der Waals surface area contributed by atoms with E-state index in [4.69, 9.17) is 0 Å². The van der Waals surface area contributed by atoms with Gasteiger partial charge in [-0.25, -0.2) is 0 Å². The van der Waals surface area contributed by atoms with Crippen molar-refractivity contribution in [3.63, 3.8) is 0 Å². The van der Waals surface area contributed by atoms with Crippen LogP contribution in [0.4, 0.5) is 0 Å². The molecular formula is C9H14OS. The normalized spacial score (nSPS) is 25.6. The average Bonchev–Trinajstić information content (AvgIpc) is 2.11. The molecule has 11 heavy (non-hydrogen) atoms. The van der Waals surface area contributed by atoms with Crippen molar-refractivity contribution in [1.29, 1.82) is 0 Å². The van der Waals surface area contributed by atoms with Gasteiger partial charge in [0.15, 0.2) is 0 Å². The van der Waals surface area contributed by atoms with E-state index in [1.54, 1.807) is 0 Å². The molecule has 1 aliphatic heterocycles. The molecule has 0 saturated heterocycles. The van der Waals surface area contributed by atoms with Crippen molar-refractivity contribution in [2.75, 3.05) is 0 Å². The summed E-state index contributed by atoms with van der Waals surface area (Å²) in [5.74, 6) is 0. The monoisotopic (exact) mass is 170 g/mol. The Balaban J connectivity index is 2.76.